The molecular formula is C26H23ClN4O3. The lowest BCUT2D eigenvalue weighted by molar-refractivity contribution is 0.101. The second kappa shape index (κ2) is 10.2. The quantitative estimate of drug-likeness (QED) is 0.375. The summed E-state index contributed by atoms with van der Waals surface area (Å²) in [6, 6.07) is 19.9. The summed E-state index contributed by atoms with van der Waals surface area (Å²) < 4.78 is 7.07. The molecule has 4 rings (SSSR count). The van der Waals surface area contributed by atoms with E-state index in [1.54, 1.807) is 48.9 Å². The maximum Gasteiger partial charge on any atom is 0.275 e. The highest BCUT2D eigenvalue weighted by atomic mass is 35.5. The fourth-order valence-corrected chi connectivity index (χ4v) is 3.60. The van der Waals surface area contributed by atoms with Crippen molar-refractivity contribution in [2.24, 2.45) is 0 Å². The van der Waals surface area contributed by atoms with Gasteiger partial charge in [0, 0.05) is 29.1 Å². The Balaban J connectivity index is 1.38. The predicted octanol–water partition coefficient (Wildman–Crippen LogP) is 5.41. The molecule has 0 fully saturated rings. The summed E-state index contributed by atoms with van der Waals surface area (Å²) in [7, 11) is 1.53. The molecule has 1 heterocycles. The molecule has 0 radical (unpaired) electrons. The molecule has 3 aromatic carbocycles. The zero-order valence-corrected chi connectivity index (χ0v) is 19.5. The summed E-state index contributed by atoms with van der Waals surface area (Å²) in [4.78, 5) is 29.3. The normalized spacial score (nSPS) is 10.6. The molecule has 1 aromatic heterocycles. The first-order chi connectivity index (χ1) is 16.4. The molecule has 7 nitrogen and oxygen atoms in total. The van der Waals surface area contributed by atoms with E-state index in [1.165, 1.54) is 7.11 Å². The number of carbonyl (C=O) groups is 2. The summed E-state index contributed by atoms with van der Waals surface area (Å²) in [5, 5.41) is 6.31. The van der Waals surface area contributed by atoms with Crippen molar-refractivity contribution in [2.45, 2.75) is 13.5 Å². The minimum Gasteiger partial charge on any atom is -0.496 e. The number of halogens is 1. The van der Waals surface area contributed by atoms with Gasteiger partial charge >= 0.3 is 0 Å². The Labute approximate surface area is 202 Å². The Morgan fingerprint density at radius 3 is 2.50 bits per heavy atom. The third-order valence-corrected chi connectivity index (χ3v) is 5.72. The first-order valence-corrected chi connectivity index (χ1v) is 10.9. The van der Waals surface area contributed by atoms with E-state index in [1.807, 2.05) is 41.8 Å². The Morgan fingerprint density at radius 1 is 0.971 bits per heavy atom. The average Bonchev–Trinajstić information content (AvgIpc) is 3.32. The maximum absolute atomic E-state index is 12.6. The van der Waals surface area contributed by atoms with Crippen LogP contribution in [0.5, 0.6) is 5.75 Å². The standard InChI is InChI=1S/C26H23ClN4O3/c1-17-21(27)7-5-8-22(17)30-26(33)23-15-31(16-28-23)14-18-10-12-19(13-11-18)29-25(32)20-6-3-4-9-24(20)34-2/h3-13,15-16H,14H2,1-2H3,(H,29,32)(H,30,33). The highest BCUT2D eigenvalue weighted by Gasteiger charge is 2.13. The molecule has 0 aliphatic carbocycles. The number of carbonyl (C=O) groups excluding carboxylic acids is 2. The lowest BCUT2D eigenvalue weighted by Crippen LogP contribution is -2.13. The van der Waals surface area contributed by atoms with Crippen LogP contribution < -0.4 is 15.4 Å². The SMILES string of the molecule is COc1ccccc1C(=O)Nc1ccc(Cn2cnc(C(=O)Nc3cccc(Cl)c3C)c2)cc1. The zero-order chi connectivity index (χ0) is 24.1. The summed E-state index contributed by atoms with van der Waals surface area (Å²) in [5.74, 6) is -0.0361. The van der Waals surface area contributed by atoms with Crippen LogP contribution >= 0.6 is 11.6 Å². The van der Waals surface area contributed by atoms with Gasteiger partial charge in [0.2, 0.25) is 0 Å². The minimum atomic E-state index is -0.307. The van der Waals surface area contributed by atoms with Crippen LogP contribution in [-0.2, 0) is 6.54 Å². The van der Waals surface area contributed by atoms with Gasteiger partial charge in [-0.05, 0) is 54.4 Å². The second-order valence-electron chi connectivity index (χ2n) is 7.65. The van der Waals surface area contributed by atoms with Gasteiger partial charge in [-0.25, -0.2) is 4.98 Å². The molecule has 0 unspecified atom stereocenters. The van der Waals surface area contributed by atoms with E-state index in [2.05, 4.69) is 15.6 Å². The highest BCUT2D eigenvalue weighted by molar-refractivity contribution is 6.31. The third-order valence-electron chi connectivity index (χ3n) is 5.31. The number of para-hydroxylation sites is 1. The van der Waals surface area contributed by atoms with Gasteiger partial charge in [-0.3, -0.25) is 9.59 Å². The fraction of sp³-hybridized carbons (Fsp3) is 0.115. The summed E-state index contributed by atoms with van der Waals surface area (Å²) in [6.45, 7) is 2.37. The van der Waals surface area contributed by atoms with Crippen molar-refractivity contribution in [1.82, 2.24) is 9.55 Å². The van der Waals surface area contributed by atoms with Gasteiger partial charge in [0.25, 0.3) is 11.8 Å². The van der Waals surface area contributed by atoms with Crippen LogP contribution in [0.2, 0.25) is 5.02 Å². The van der Waals surface area contributed by atoms with E-state index in [4.69, 9.17) is 16.3 Å². The predicted molar refractivity (Wildman–Crippen MR) is 133 cm³/mol. The van der Waals surface area contributed by atoms with Crippen molar-refractivity contribution in [3.63, 3.8) is 0 Å². The van der Waals surface area contributed by atoms with Crippen molar-refractivity contribution in [3.05, 3.63) is 107 Å². The van der Waals surface area contributed by atoms with E-state index in [0.717, 1.165) is 11.1 Å². The zero-order valence-electron chi connectivity index (χ0n) is 18.7. The molecule has 172 valence electrons. The number of hydrogen-bond donors (Lipinski definition) is 2. The number of imidazole rings is 1. The van der Waals surface area contributed by atoms with Crippen molar-refractivity contribution >= 4 is 34.8 Å². The van der Waals surface area contributed by atoms with Crippen LogP contribution in [0.3, 0.4) is 0 Å². The minimum absolute atomic E-state index is 0.245. The van der Waals surface area contributed by atoms with E-state index in [-0.39, 0.29) is 11.8 Å². The fourth-order valence-electron chi connectivity index (χ4n) is 3.43. The molecule has 0 saturated carbocycles. The molecule has 0 spiro atoms. The van der Waals surface area contributed by atoms with E-state index < -0.39 is 0 Å². The molecule has 34 heavy (non-hydrogen) atoms. The number of nitrogens with zero attached hydrogens (tertiary/aromatic N) is 2. The van der Waals surface area contributed by atoms with E-state index in [0.29, 0.717) is 39.9 Å². The molecule has 0 atom stereocenters. The van der Waals surface area contributed by atoms with Crippen LogP contribution in [0.4, 0.5) is 11.4 Å². The number of methoxy groups -OCH3 is 1. The molecule has 8 heteroatoms. The highest BCUT2D eigenvalue weighted by Crippen LogP contribution is 2.23. The largest absolute Gasteiger partial charge is 0.496 e. The number of nitrogens with one attached hydrogen (secondary N) is 2. The summed E-state index contributed by atoms with van der Waals surface area (Å²) in [6.07, 6.45) is 3.30. The van der Waals surface area contributed by atoms with Gasteiger partial charge in [0.1, 0.15) is 11.4 Å². The van der Waals surface area contributed by atoms with Crippen LogP contribution in [0, 0.1) is 6.92 Å². The van der Waals surface area contributed by atoms with E-state index in [9.17, 15) is 9.59 Å². The number of anilines is 2. The first kappa shape index (κ1) is 23.1. The molecule has 4 aromatic rings. The monoisotopic (exact) mass is 474 g/mol. The number of rotatable bonds is 7. The Hall–Kier alpha value is -4.10. The summed E-state index contributed by atoms with van der Waals surface area (Å²) >= 11 is 6.12. The molecular weight excluding hydrogens is 452 g/mol. The smallest absolute Gasteiger partial charge is 0.275 e. The number of benzene rings is 3. The topological polar surface area (TPSA) is 85.2 Å². The lowest BCUT2D eigenvalue weighted by Gasteiger charge is -2.10. The van der Waals surface area contributed by atoms with Gasteiger partial charge in [0.05, 0.1) is 19.0 Å². The molecule has 0 aliphatic heterocycles. The first-order valence-electron chi connectivity index (χ1n) is 10.6. The molecule has 0 saturated heterocycles. The lowest BCUT2D eigenvalue weighted by atomic mass is 10.1. The summed E-state index contributed by atoms with van der Waals surface area (Å²) in [5.41, 5.74) is 3.88. The van der Waals surface area contributed by atoms with Crippen LogP contribution in [-0.4, -0.2) is 28.5 Å². The van der Waals surface area contributed by atoms with Crippen LogP contribution in [0.1, 0.15) is 32.0 Å². The van der Waals surface area contributed by atoms with E-state index >= 15 is 0 Å². The Morgan fingerprint density at radius 2 is 1.74 bits per heavy atom. The van der Waals surface area contributed by atoms with Gasteiger partial charge in [0.15, 0.2) is 0 Å². The molecule has 2 amide bonds. The van der Waals surface area contributed by atoms with Gasteiger partial charge < -0.3 is 19.9 Å². The number of amides is 2. The van der Waals surface area contributed by atoms with Crippen LogP contribution in [0.25, 0.3) is 0 Å². The third kappa shape index (κ3) is 5.27. The molecule has 2 N–H and O–H groups in total. The van der Waals surface area contributed by atoms with Gasteiger partial charge in [-0.1, -0.05) is 41.9 Å². The van der Waals surface area contributed by atoms with Crippen molar-refractivity contribution in [2.75, 3.05) is 17.7 Å². The van der Waals surface area contributed by atoms with Gasteiger partial charge in [-0.2, -0.15) is 0 Å². The van der Waals surface area contributed by atoms with Crippen molar-refractivity contribution < 1.29 is 14.3 Å². The second-order valence-corrected chi connectivity index (χ2v) is 8.06. The number of aromatic nitrogens is 2. The van der Waals surface area contributed by atoms with Crippen molar-refractivity contribution in [3.8, 4) is 5.75 Å². The number of hydrogen-bond acceptors (Lipinski definition) is 4. The number of ether oxygens (including phenoxy) is 1. The van der Waals surface area contributed by atoms with Gasteiger partial charge in [-0.15, -0.1) is 0 Å². The van der Waals surface area contributed by atoms with Crippen LogP contribution in [0.15, 0.2) is 79.3 Å². The Bertz CT molecular complexity index is 1330. The molecule has 0 aliphatic rings. The van der Waals surface area contributed by atoms with Crippen molar-refractivity contribution in [1.29, 1.82) is 0 Å². The average molecular weight is 475 g/mol. The molecule has 0 bridgehead atoms. The maximum atomic E-state index is 12.6. The Kier molecular flexibility index (Phi) is 6.94.